The van der Waals surface area contributed by atoms with Crippen molar-refractivity contribution in [3.05, 3.63) is 0 Å². The fourth-order valence-electron chi connectivity index (χ4n) is 0.667. The molecule has 0 saturated heterocycles. The summed E-state index contributed by atoms with van der Waals surface area (Å²) in [6.45, 7) is 4.08. The van der Waals surface area contributed by atoms with Gasteiger partial charge in [0.1, 0.15) is 0 Å². The van der Waals surface area contributed by atoms with Crippen LogP contribution in [-0.4, -0.2) is 16.5 Å². The van der Waals surface area contributed by atoms with Crippen LogP contribution in [0, 0.1) is 0 Å². The first kappa shape index (κ1) is 20.1. The third-order valence-electron chi connectivity index (χ3n) is 1.31. The molecule has 0 radical (unpaired) electrons. The monoisotopic (exact) mass is 248 g/mol. The molecule has 4 nitrogen and oxygen atoms in total. The summed E-state index contributed by atoms with van der Waals surface area (Å²) in [6, 6.07) is 0.301. The predicted molar refractivity (Wildman–Crippen MR) is 61.6 cm³/mol. The molecule has 7 heteroatoms. The number of amides is 2. The number of carbonyl (C=O) groups is 2. The van der Waals surface area contributed by atoms with Crippen LogP contribution >= 0.6 is 25.3 Å². The van der Waals surface area contributed by atoms with E-state index in [1.54, 1.807) is 0 Å². The number of primary amides is 1. The fraction of sp³-hybridized carbons (Fsp3) is 0.714. The minimum absolute atomic E-state index is 0. The summed E-state index contributed by atoms with van der Waals surface area (Å²) in [6.07, 6.45) is 1.95. The molecule has 0 bridgehead atoms. The number of carbonyl (C=O) groups excluding carboxylic acids is 2. The Bertz CT molecular complexity index is 167. The van der Waals surface area contributed by atoms with E-state index in [-0.39, 0.29) is 36.2 Å². The molecule has 0 heterocycles. The quantitative estimate of drug-likeness (QED) is 0.379. The largest absolute Gasteiger partial charge is 1.00 e. The maximum Gasteiger partial charge on any atom is 1.00 e. The standard InChI is InChI=1S/C6H13NOS.CH3NOS.Na.H/c1-3-5(4-2)7-6(8)9;2-1(3)4;;/h5H,3-4H2,1-2H3,(H2,7,8,9);(H3,2,3,4);;/q;;+1;-1. The van der Waals surface area contributed by atoms with E-state index in [1.165, 1.54) is 0 Å². The molecule has 0 aliphatic heterocycles. The van der Waals surface area contributed by atoms with Crippen molar-refractivity contribution in [2.45, 2.75) is 32.7 Å². The second kappa shape index (κ2) is 13.6. The summed E-state index contributed by atoms with van der Waals surface area (Å²) in [5.41, 5.74) is 4.34. The summed E-state index contributed by atoms with van der Waals surface area (Å²) in [7, 11) is 0. The molecular formula is C7H17N2NaO2S2. The number of nitrogens with two attached hydrogens (primary N) is 1. The molecule has 14 heavy (non-hydrogen) atoms. The summed E-state index contributed by atoms with van der Waals surface area (Å²) < 4.78 is 0. The molecule has 0 rings (SSSR count). The Morgan fingerprint density at radius 1 is 1.36 bits per heavy atom. The average molecular weight is 248 g/mol. The van der Waals surface area contributed by atoms with Crippen LogP contribution in [0.4, 0.5) is 9.59 Å². The fourth-order valence-corrected chi connectivity index (χ4v) is 0.850. The Labute approximate surface area is 119 Å². The van der Waals surface area contributed by atoms with Gasteiger partial charge >= 0.3 is 29.6 Å². The van der Waals surface area contributed by atoms with Gasteiger partial charge in [0.15, 0.2) is 0 Å². The predicted octanol–water partition coefficient (Wildman–Crippen LogP) is -1.07. The SMILES string of the molecule is CCC(CC)NC(=O)S.NC(=O)S.[H-].[Na+]. The van der Waals surface area contributed by atoms with Crippen molar-refractivity contribution in [1.82, 2.24) is 5.32 Å². The van der Waals surface area contributed by atoms with Gasteiger partial charge < -0.3 is 12.5 Å². The molecule has 0 atom stereocenters. The van der Waals surface area contributed by atoms with E-state index < -0.39 is 5.24 Å². The molecular weight excluding hydrogens is 231 g/mol. The van der Waals surface area contributed by atoms with Crippen LogP contribution in [0.1, 0.15) is 28.1 Å². The summed E-state index contributed by atoms with van der Waals surface area (Å²) >= 11 is 6.70. The van der Waals surface area contributed by atoms with E-state index in [0.29, 0.717) is 6.04 Å². The van der Waals surface area contributed by atoms with Crippen LogP contribution < -0.4 is 40.6 Å². The van der Waals surface area contributed by atoms with Crippen LogP contribution in [0.2, 0.25) is 0 Å². The summed E-state index contributed by atoms with van der Waals surface area (Å²) in [5.74, 6) is 0. The smallest absolute Gasteiger partial charge is 1.00 e. The Morgan fingerprint density at radius 2 is 1.64 bits per heavy atom. The minimum atomic E-state index is -0.639. The van der Waals surface area contributed by atoms with E-state index in [9.17, 15) is 4.79 Å². The van der Waals surface area contributed by atoms with Gasteiger partial charge in [-0.2, -0.15) is 0 Å². The topological polar surface area (TPSA) is 72.2 Å². The van der Waals surface area contributed by atoms with Crippen molar-refractivity contribution in [2.75, 3.05) is 0 Å². The maximum absolute atomic E-state index is 10.3. The molecule has 0 aromatic heterocycles. The third-order valence-corrected chi connectivity index (χ3v) is 1.44. The van der Waals surface area contributed by atoms with Gasteiger partial charge in [-0.05, 0) is 12.8 Å². The van der Waals surface area contributed by atoms with Crippen molar-refractivity contribution in [2.24, 2.45) is 5.73 Å². The second-order valence-corrected chi connectivity index (χ2v) is 3.15. The van der Waals surface area contributed by atoms with Gasteiger partial charge in [-0.1, -0.05) is 39.1 Å². The molecule has 2 amide bonds. The van der Waals surface area contributed by atoms with E-state index in [2.05, 4.69) is 36.3 Å². The number of thiol groups is 2. The summed E-state index contributed by atoms with van der Waals surface area (Å²) in [5, 5.41) is 1.83. The Balaban J connectivity index is -0.0000000883. The Morgan fingerprint density at radius 3 is 1.71 bits per heavy atom. The van der Waals surface area contributed by atoms with E-state index in [1.807, 2.05) is 13.8 Å². The molecule has 80 valence electrons. The van der Waals surface area contributed by atoms with Gasteiger partial charge in [-0.3, -0.25) is 9.59 Å². The molecule has 0 aliphatic carbocycles. The zero-order valence-corrected chi connectivity index (χ0v) is 12.6. The zero-order chi connectivity index (χ0) is 10.9. The molecule has 0 unspecified atom stereocenters. The van der Waals surface area contributed by atoms with Crippen LogP contribution in [0.25, 0.3) is 0 Å². The minimum Gasteiger partial charge on any atom is -1.00 e. The normalized spacial score (nSPS) is 8.07. The first-order chi connectivity index (χ1) is 5.93. The van der Waals surface area contributed by atoms with Gasteiger partial charge in [-0.15, -0.1) is 0 Å². The maximum atomic E-state index is 10.3. The van der Waals surface area contributed by atoms with Gasteiger partial charge in [0, 0.05) is 6.04 Å². The van der Waals surface area contributed by atoms with Gasteiger partial charge in [0.2, 0.25) is 0 Å². The average Bonchev–Trinajstić information content (AvgIpc) is 1.98. The van der Waals surface area contributed by atoms with Gasteiger partial charge in [0.05, 0.1) is 0 Å². The number of nitrogens with one attached hydrogen (secondary N) is 1. The molecule has 3 N–H and O–H groups in total. The van der Waals surface area contributed by atoms with Crippen LogP contribution in [0.5, 0.6) is 0 Å². The molecule has 0 aromatic rings. The van der Waals surface area contributed by atoms with Crippen LogP contribution in [-0.2, 0) is 0 Å². The zero-order valence-electron chi connectivity index (χ0n) is 9.78. The first-order valence-electron chi connectivity index (χ1n) is 3.91. The molecule has 0 saturated carbocycles. The number of hydrogen-bond acceptors (Lipinski definition) is 2. The van der Waals surface area contributed by atoms with Crippen LogP contribution in [0.15, 0.2) is 0 Å². The second-order valence-electron chi connectivity index (χ2n) is 2.30. The van der Waals surface area contributed by atoms with E-state index in [0.717, 1.165) is 12.8 Å². The van der Waals surface area contributed by atoms with Gasteiger partial charge in [0.25, 0.3) is 10.5 Å². The molecule has 0 fully saturated rings. The Hall–Kier alpha value is 0.640. The van der Waals surface area contributed by atoms with Crippen molar-refractivity contribution >= 4 is 35.7 Å². The van der Waals surface area contributed by atoms with E-state index in [4.69, 9.17) is 4.79 Å². The van der Waals surface area contributed by atoms with Crippen molar-refractivity contribution < 1.29 is 40.6 Å². The number of rotatable bonds is 3. The third kappa shape index (κ3) is 22.9. The number of hydrogen-bond donors (Lipinski definition) is 4. The van der Waals surface area contributed by atoms with Crippen molar-refractivity contribution in [3.8, 4) is 0 Å². The van der Waals surface area contributed by atoms with Crippen LogP contribution in [0.3, 0.4) is 0 Å². The van der Waals surface area contributed by atoms with Crippen molar-refractivity contribution in [3.63, 3.8) is 0 Å². The Kier molecular flexibility index (Phi) is 19.6. The van der Waals surface area contributed by atoms with Gasteiger partial charge in [-0.25, -0.2) is 0 Å². The molecule has 0 aromatic carbocycles. The van der Waals surface area contributed by atoms with Crippen molar-refractivity contribution in [1.29, 1.82) is 0 Å². The molecule has 0 spiro atoms. The molecule has 0 aliphatic rings. The first-order valence-corrected chi connectivity index (χ1v) is 4.81. The summed E-state index contributed by atoms with van der Waals surface area (Å²) in [4.78, 5) is 19.4. The van der Waals surface area contributed by atoms with E-state index >= 15 is 0 Å².